The van der Waals surface area contributed by atoms with E-state index < -0.39 is 0 Å². The Morgan fingerprint density at radius 1 is 1.00 bits per heavy atom. The number of benzene rings is 2. The third kappa shape index (κ3) is 2.64. The molecule has 3 aromatic rings. The molecule has 20 heavy (non-hydrogen) atoms. The first-order valence-electron chi connectivity index (χ1n) is 6.20. The summed E-state index contributed by atoms with van der Waals surface area (Å²) in [6.45, 7) is 0. The molecule has 1 aromatic heterocycles. The largest absolute Gasteiger partial charge is 0.320 e. The predicted octanol–water partition coefficient (Wildman–Crippen LogP) is 4.81. The summed E-state index contributed by atoms with van der Waals surface area (Å²) in [5, 5.41) is 1.12. The van der Waals surface area contributed by atoms with Gasteiger partial charge in [-0.2, -0.15) is 0 Å². The van der Waals surface area contributed by atoms with Gasteiger partial charge in [0.05, 0.1) is 11.6 Å². The van der Waals surface area contributed by atoms with Gasteiger partial charge < -0.3 is 5.73 Å². The van der Waals surface area contributed by atoms with Gasteiger partial charge >= 0.3 is 0 Å². The molecule has 2 aromatic carbocycles. The normalized spacial score (nSPS) is 12.6. The molecule has 0 amide bonds. The van der Waals surface area contributed by atoms with E-state index in [0.29, 0.717) is 0 Å². The van der Waals surface area contributed by atoms with Crippen molar-refractivity contribution in [3.63, 3.8) is 0 Å². The lowest BCUT2D eigenvalue weighted by Crippen LogP contribution is -2.12. The Kier molecular flexibility index (Phi) is 3.87. The average molecular weight is 392 g/mol. The minimum absolute atomic E-state index is 0.187. The van der Waals surface area contributed by atoms with Crippen LogP contribution in [0.4, 0.5) is 0 Å². The number of hydrogen-bond donors (Lipinski definition) is 1. The molecule has 0 saturated carbocycles. The molecule has 3 rings (SSSR count). The fourth-order valence-corrected chi connectivity index (χ4v) is 3.08. The second-order valence-electron chi connectivity index (χ2n) is 4.60. The zero-order chi connectivity index (χ0) is 14.1. The Balaban J connectivity index is 2.07. The summed E-state index contributed by atoms with van der Waals surface area (Å²) in [5.41, 5.74) is 9.46. The Morgan fingerprint density at radius 2 is 1.85 bits per heavy atom. The fraction of sp³-hybridized carbons (Fsp3) is 0.0625. The molecule has 0 aliphatic heterocycles. The van der Waals surface area contributed by atoms with E-state index in [9.17, 15) is 0 Å². The van der Waals surface area contributed by atoms with Gasteiger partial charge in [0.1, 0.15) is 0 Å². The van der Waals surface area contributed by atoms with E-state index in [4.69, 9.17) is 5.73 Å². The summed E-state index contributed by atoms with van der Waals surface area (Å²) in [5.74, 6) is 0. The number of aromatic nitrogens is 1. The molecule has 1 unspecified atom stereocenters. The maximum absolute atomic E-state index is 6.40. The molecule has 1 atom stereocenters. The Labute approximate surface area is 134 Å². The number of halogens is 2. The van der Waals surface area contributed by atoms with Crippen LogP contribution in [0.15, 0.2) is 63.7 Å². The quantitative estimate of drug-likeness (QED) is 0.680. The highest BCUT2D eigenvalue weighted by Gasteiger charge is 2.13. The third-order valence-electron chi connectivity index (χ3n) is 3.28. The van der Waals surface area contributed by atoms with Gasteiger partial charge in [0.25, 0.3) is 0 Å². The summed E-state index contributed by atoms with van der Waals surface area (Å²) in [6.07, 6.45) is 1.80. The van der Waals surface area contributed by atoms with Crippen molar-refractivity contribution in [2.24, 2.45) is 5.73 Å². The minimum atomic E-state index is -0.187. The van der Waals surface area contributed by atoms with Crippen molar-refractivity contribution in [1.82, 2.24) is 4.98 Å². The first-order chi connectivity index (χ1) is 9.65. The first kappa shape index (κ1) is 13.7. The molecule has 0 saturated heterocycles. The monoisotopic (exact) mass is 390 g/mol. The number of hydrogen-bond acceptors (Lipinski definition) is 2. The molecule has 0 radical (unpaired) electrons. The van der Waals surface area contributed by atoms with Gasteiger partial charge in [-0.25, -0.2) is 0 Å². The van der Waals surface area contributed by atoms with Crippen LogP contribution >= 0.6 is 31.9 Å². The van der Waals surface area contributed by atoms with Crippen LogP contribution in [-0.2, 0) is 0 Å². The van der Waals surface area contributed by atoms with Crippen LogP contribution in [0, 0.1) is 0 Å². The highest BCUT2D eigenvalue weighted by atomic mass is 79.9. The van der Waals surface area contributed by atoms with Crippen molar-refractivity contribution in [2.45, 2.75) is 6.04 Å². The Hall–Kier alpha value is -1.23. The van der Waals surface area contributed by atoms with Crippen LogP contribution in [-0.4, -0.2) is 4.98 Å². The number of rotatable bonds is 2. The van der Waals surface area contributed by atoms with Crippen molar-refractivity contribution in [3.05, 3.63) is 74.8 Å². The molecular formula is C16H12Br2N2. The average Bonchev–Trinajstić information content (AvgIpc) is 2.48. The van der Waals surface area contributed by atoms with Crippen molar-refractivity contribution in [2.75, 3.05) is 0 Å². The summed E-state index contributed by atoms with van der Waals surface area (Å²) >= 11 is 7.05. The molecule has 0 bridgehead atoms. The molecule has 0 spiro atoms. The zero-order valence-corrected chi connectivity index (χ0v) is 13.7. The van der Waals surface area contributed by atoms with E-state index in [2.05, 4.69) is 49.0 Å². The van der Waals surface area contributed by atoms with Crippen LogP contribution in [0.25, 0.3) is 10.9 Å². The first-order valence-corrected chi connectivity index (χ1v) is 7.79. The van der Waals surface area contributed by atoms with E-state index in [0.717, 1.165) is 31.0 Å². The number of pyridine rings is 1. The van der Waals surface area contributed by atoms with E-state index in [1.165, 1.54) is 0 Å². The molecule has 0 aliphatic carbocycles. The van der Waals surface area contributed by atoms with Crippen molar-refractivity contribution >= 4 is 42.8 Å². The van der Waals surface area contributed by atoms with Gasteiger partial charge in [-0.15, -0.1) is 0 Å². The SMILES string of the molecule is NC(c1ccc2cccnc2c1)c1cc(Br)ccc1Br. The van der Waals surface area contributed by atoms with Gasteiger partial charge in [0, 0.05) is 20.5 Å². The van der Waals surface area contributed by atoms with E-state index in [1.807, 2.05) is 36.4 Å². The molecule has 1 heterocycles. The van der Waals surface area contributed by atoms with Gasteiger partial charge in [0.2, 0.25) is 0 Å². The topological polar surface area (TPSA) is 38.9 Å². The highest BCUT2D eigenvalue weighted by Crippen LogP contribution is 2.30. The predicted molar refractivity (Wildman–Crippen MR) is 89.6 cm³/mol. The Morgan fingerprint density at radius 3 is 2.70 bits per heavy atom. The van der Waals surface area contributed by atoms with Crippen LogP contribution in [0.3, 0.4) is 0 Å². The lowest BCUT2D eigenvalue weighted by molar-refractivity contribution is 0.866. The van der Waals surface area contributed by atoms with Gasteiger partial charge in [-0.3, -0.25) is 4.98 Å². The maximum atomic E-state index is 6.40. The van der Waals surface area contributed by atoms with Crippen LogP contribution in [0.5, 0.6) is 0 Å². The molecule has 2 nitrogen and oxygen atoms in total. The molecule has 0 aliphatic rings. The molecule has 2 N–H and O–H groups in total. The maximum Gasteiger partial charge on any atom is 0.0705 e. The third-order valence-corrected chi connectivity index (χ3v) is 4.50. The number of nitrogens with two attached hydrogens (primary N) is 1. The van der Waals surface area contributed by atoms with Crippen molar-refractivity contribution in [1.29, 1.82) is 0 Å². The van der Waals surface area contributed by atoms with Crippen LogP contribution in [0.1, 0.15) is 17.2 Å². The summed E-state index contributed by atoms with van der Waals surface area (Å²) in [6, 6.07) is 16.0. The lowest BCUT2D eigenvalue weighted by atomic mass is 9.98. The van der Waals surface area contributed by atoms with Crippen molar-refractivity contribution < 1.29 is 0 Å². The lowest BCUT2D eigenvalue weighted by Gasteiger charge is -2.15. The standard InChI is InChI=1S/C16H12Br2N2/c17-12-5-6-14(18)13(9-12)16(19)11-4-3-10-2-1-7-20-15(10)8-11/h1-9,16H,19H2. The number of fused-ring (bicyclic) bond motifs is 1. The second-order valence-corrected chi connectivity index (χ2v) is 6.37. The molecule has 0 fully saturated rings. The zero-order valence-electron chi connectivity index (χ0n) is 10.6. The van der Waals surface area contributed by atoms with Crippen LogP contribution < -0.4 is 5.73 Å². The van der Waals surface area contributed by atoms with Gasteiger partial charge in [0.15, 0.2) is 0 Å². The highest BCUT2D eigenvalue weighted by molar-refractivity contribution is 9.11. The minimum Gasteiger partial charge on any atom is -0.320 e. The van der Waals surface area contributed by atoms with E-state index >= 15 is 0 Å². The van der Waals surface area contributed by atoms with Gasteiger partial charge in [-0.05, 0) is 41.5 Å². The molecule has 4 heteroatoms. The fourth-order valence-electron chi connectivity index (χ4n) is 2.21. The van der Waals surface area contributed by atoms with E-state index in [-0.39, 0.29) is 6.04 Å². The summed E-state index contributed by atoms with van der Waals surface area (Å²) < 4.78 is 2.03. The Bertz CT molecular complexity index is 771. The summed E-state index contributed by atoms with van der Waals surface area (Å²) in [4.78, 5) is 4.38. The second kappa shape index (κ2) is 5.64. The van der Waals surface area contributed by atoms with Gasteiger partial charge in [-0.1, -0.05) is 50.1 Å². The summed E-state index contributed by atoms with van der Waals surface area (Å²) in [7, 11) is 0. The van der Waals surface area contributed by atoms with Crippen molar-refractivity contribution in [3.8, 4) is 0 Å². The number of nitrogens with zero attached hydrogens (tertiary/aromatic N) is 1. The smallest absolute Gasteiger partial charge is 0.0705 e. The molecular weight excluding hydrogens is 380 g/mol. The molecule has 100 valence electrons. The van der Waals surface area contributed by atoms with E-state index in [1.54, 1.807) is 6.20 Å². The van der Waals surface area contributed by atoms with Crippen LogP contribution in [0.2, 0.25) is 0 Å².